The monoisotopic (exact) mass is 273 g/mol. The Bertz CT molecular complexity index is 463. The summed E-state index contributed by atoms with van der Waals surface area (Å²) in [7, 11) is 0.270. The van der Waals surface area contributed by atoms with Crippen LogP contribution in [0.1, 0.15) is 5.56 Å². The molecule has 18 heavy (non-hydrogen) atoms. The number of methoxy groups -OCH3 is 2. The third-order valence-electron chi connectivity index (χ3n) is 2.39. The molecule has 0 saturated carbocycles. The first-order valence-electron chi connectivity index (χ1n) is 5.55. The fraction of sp³-hybridized carbons (Fsp3) is 0.500. The van der Waals surface area contributed by atoms with Crippen LogP contribution in [0.4, 0.5) is 0 Å². The normalized spacial score (nSPS) is 11.3. The average Bonchev–Trinajstić information content (AvgIpc) is 2.33. The van der Waals surface area contributed by atoms with E-state index in [4.69, 9.17) is 9.47 Å². The Balaban J connectivity index is 2.56. The minimum Gasteiger partial charge on any atom is -0.497 e. The highest BCUT2D eigenvalue weighted by Gasteiger charge is 2.03. The Kier molecular flexibility index (Phi) is 5.43. The van der Waals surface area contributed by atoms with Crippen LogP contribution in [0.2, 0.25) is 0 Å². The maximum absolute atomic E-state index is 11.0. The van der Waals surface area contributed by atoms with E-state index >= 15 is 0 Å². The quantitative estimate of drug-likeness (QED) is 0.746. The fourth-order valence-corrected chi connectivity index (χ4v) is 1.97. The molecule has 1 aromatic rings. The van der Waals surface area contributed by atoms with E-state index in [0.717, 1.165) is 5.56 Å². The Morgan fingerprint density at radius 1 is 1.11 bits per heavy atom. The topological polar surface area (TPSA) is 64.6 Å². The van der Waals surface area contributed by atoms with Crippen LogP contribution in [0.15, 0.2) is 18.2 Å². The Labute approximate surface area is 108 Å². The zero-order valence-electron chi connectivity index (χ0n) is 10.9. The highest BCUT2D eigenvalue weighted by Crippen LogP contribution is 2.22. The molecule has 0 unspecified atom stereocenters. The van der Waals surface area contributed by atoms with Crippen molar-refractivity contribution < 1.29 is 17.9 Å². The van der Waals surface area contributed by atoms with Gasteiger partial charge in [0, 0.05) is 25.4 Å². The van der Waals surface area contributed by atoms with Crippen LogP contribution in [-0.4, -0.2) is 41.2 Å². The van der Waals surface area contributed by atoms with Gasteiger partial charge in [-0.25, -0.2) is 8.42 Å². The van der Waals surface area contributed by atoms with Crippen molar-refractivity contribution in [3.63, 3.8) is 0 Å². The summed E-state index contributed by atoms with van der Waals surface area (Å²) >= 11 is 0. The largest absolute Gasteiger partial charge is 0.497 e. The molecule has 0 amide bonds. The third kappa shape index (κ3) is 5.37. The van der Waals surface area contributed by atoms with Gasteiger partial charge in [-0.1, -0.05) is 0 Å². The van der Waals surface area contributed by atoms with Crippen molar-refractivity contribution in [1.29, 1.82) is 0 Å². The third-order valence-corrected chi connectivity index (χ3v) is 3.34. The summed E-state index contributed by atoms with van der Waals surface area (Å²) in [5.41, 5.74) is 0.986. The molecule has 0 bridgehead atoms. The first kappa shape index (κ1) is 14.8. The van der Waals surface area contributed by atoms with Gasteiger partial charge in [-0.15, -0.1) is 0 Å². The van der Waals surface area contributed by atoms with Crippen molar-refractivity contribution in [3.05, 3.63) is 23.8 Å². The maximum atomic E-state index is 11.0. The van der Waals surface area contributed by atoms with E-state index in [9.17, 15) is 8.42 Å². The molecule has 0 spiro atoms. The van der Waals surface area contributed by atoms with E-state index in [0.29, 0.717) is 24.6 Å². The molecule has 1 rings (SSSR count). The predicted octanol–water partition coefficient (Wildman–Crippen LogP) is 0.838. The molecule has 0 radical (unpaired) electrons. The summed E-state index contributed by atoms with van der Waals surface area (Å²) in [6.07, 6.45) is 1.23. The number of sulfone groups is 1. The van der Waals surface area contributed by atoms with Gasteiger partial charge in [-0.2, -0.15) is 0 Å². The molecular weight excluding hydrogens is 254 g/mol. The van der Waals surface area contributed by atoms with Crippen LogP contribution in [0.3, 0.4) is 0 Å². The standard InChI is InChI=1S/C12H19NO4S/c1-16-11-6-10(7-12(8-11)17-2)9-13-4-5-18(3,14)15/h6-8,13H,4-5,9H2,1-3H3. The molecule has 0 aliphatic carbocycles. The summed E-state index contributed by atoms with van der Waals surface area (Å²) < 4.78 is 32.2. The molecule has 0 saturated heterocycles. The molecule has 0 heterocycles. The lowest BCUT2D eigenvalue weighted by molar-refractivity contribution is 0.393. The summed E-state index contributed by atoms with van der Waals surface area (Å²) in [4.78, 5) is 0. The van der Waals surface area contributed by atoms with E-state index in [1.165, 1.54) is 6.26 Å². The van der Waals surface area contributed by atoms with Crippen LogP contribution in [0.25, 0.3) is 0 Å². The summed E-state index contributed by atoms with van der Waals surface area (Å²) in [5.74, 6) is 1.57. The van der Waals surface area contributed by atoms with Gasteiger partial charge in [0.25, 0.3) is 0 Å². The van der Waals surface area contributed by atoms with E-state index in [1.54, 1.807) is 20.3 Å². The Morgan fingerprint density at radius 3 is 2.11 bits per heavy atom. The van der Waals surface area contributed by atoms with Crippen molar-refractivity contribution in [2.45, 2.75) is 6.54 Å². The molecule has 1 aromatic carbocycles. The van der Waals surface area contributed by atoms with Crippen LogP contribution in [0.5, 0.6) is 11.5 Å². The summed E-state index contributed by atoms with van der Waals surface area (Å²) in [6, 6.07) is 5.56. The molecule has 0 aromatic heterocycles. The second-order valence-electron chi connectivity index (χ2n) is 4.03. The van der Waals surface area contributed by atoms with E-state index < -0.39 is 9.84 Å². The molecule has 0 atom stereocenters. The highest BCUT2D eigenvalue weighted by atomic mass is 32.2. The lowest BCUT2D eigenvalue weighted by Crippen LogP contribution is -2.21. The van der Waals surface area contributed by atoms with Crippen molar-refractivity contribution in [1.82, 2.24) is 5.32 Å². The minimum atomic E-state index is -2.92. The lowest BCUT2D eigenvalue weighted by atomic mass is 10.2. The highest BCUT2D eigenvalue weighted by molar-refractivity contribution is 7.90. The molecule has 0 aliphatic rings. The van der Waals surface area contributed by atoms with Gasteiger partial charge in [0.05, 0.1) is 20.0 Å². The van der Waals surface area contributed by atoms with Gasteiger partial charge in [-0.3, -0.25) is 0 Å². The number of benzene rings is 1. The average molecular weight is 273 g/mol. The summed E-state index contributed by atoms with van der Waals surface area (Å²) in [5, 5.41) is 3.07. The van der Waals surface area contributed by atoms with Gasteiger partial charge >= 0.3 is 0 Å². The van der Waals surface area contributed by atoms with Crippen molar-refractivity contribution in [3.8, 4) is 11.5 Å². The van der Waals surface area contributed by atoms with E-state index in [1.807, 2.05) is 12.1 Å². The van der Waals surface area contributed by atoms with Crippen LogP contribution >= 0.6 is 0 Å². The summed E-state index contributed by atoms with van der Waals surface area (Å²) in [6.45, 7) is 1.00. The zero-order chi connectivity index (χ0) is 13.6. The zero-order valence-corrected chi connectivity index (χ0v) is 11.7. The number of hydrogen-bond acceptors (Lipinski definition) is 5. The fourth-order valence-electron chi connectivity index (χ4n) is 1.46. The number of rotatable bonds is 7. The lowest BCUT2D eigenvalue weighted by Gasteiger charge is -2.09. The van der Waals surface area contributed by atoms with Crippen LogP contribution in [-0.2, 0) is 16.4 Å². The van der Waals surface area contributed by atoms with Gasteiger partial charge in [0.2, 0.25) is 0 Å². The van der Waals surface area contributed by atoms with Gasteiger partial charge < -0.3 is 14.8 Å². The van der Waals surface area contributed by atoms with Gasteiger partial charge in [0.15, 0.2) is 0 Å². The maximum Gasteiger partial charge on any atom is 0.148 e. The Morgan fingerprint density at radius 2 is 1.67 bits per heavy atom. The second-order valence-corrected chi connectivity index (χ2v) is 6.29. The molecular formula is C12H19NO4S. The van der Waals surface area contributed by atoms with Crippen molar-refractivity contribution in [2.75, 3.05) is 32.8 Å². The number of ether oxygens (including phenoxy) is 2. The van der Waals surface area contributed by atoms with Crippen LogP contribution in [0, 0.1) is 0 Å². The molecule has 0 aliphatic heterocycles. The van der Waals surface area contributed by atoms with Crippen molar-refractivity contribution in [2.24, 2.45) is 0 Å². The predicted molar refractivity (Wildman–Crippen MR) is 71.0 cm³/mol. The first-order chi connectivity index (χ1) is 8.44. The molecule has 5 nitrogen and oxygen atoms in total. The molecule has 0 fully saturated rings. The molecule has 6 heteroatoms. The second kappa shape index (κ2) is 6.61. The van der Waals surface area contributed by atoms with E-state index in [2.05, 4.69) is 5.32 Å². The molecule has 102 valence electrons. The smallest absolute Gasteiger partial charge is 0.148 e. The van der Waals surface area contributed by atoms with E-state index in [-0.39, 0.29) is 5.75 Å². The van der Waals surface area contributed by atoms with Gasteiger partial charge in [-0.05, 0) is 17.7 Å². The first-order valence-corrected chi connectivity index (χ1v) is 7.61. The van der Waals surface area contributed by atoms with Crippen LogP contribution < -0.4 is 14.8 Å². The molecule has 1 N–H and O–H groups in total. The van der Waals surface area contributed by atoms with Gasteiger partial charge in [0.1, 0.15) is 21.3 Å². The Hall–Kier alpha value is -1.27. The number of nitrogens with one attached hydrogen (secondary N) is 1. The van der Waals surface area contributed by atoms with Crippen molar-refractivity contribution >= 4 is 9.84 Å². The SMILES string of the molecule is COc1cc(CNCCS(C)(=O)=O)cc(OC)c1. The number of hydrogen-bond donors (Lipinski definition) is 1. The minimum absolute atomic E-state index is 0.133.